The molecule has 24 heavy (non-hydrogen) atoms. The fourth-order valence-electron chi connectivity index (χ4n) is 2.99. The second-order valence-electron chi connectivity index (χ2n) is 6.20. The third-order valence-electron chi connectivity index (χ3n) is 4.41. The van der Waals surface area contributed by atoms with Crippen molar-refractivity contribution in [1.82, 2.24) is 4.90 Å². The Hall–Kier alpha value is -2.49. The van der Waals surface area contributed by atoms with E-state index in [1.807, 2.05) is 77.5 Å². The van der Waals surface area contributed by atoms with Crippen LogP contribution in [0, 0.1) is 0 Å². The van der Waals surface area contributed by atoms with Crippen LogP contribution in [0.25, 0.3) is 0 Å². The van der Waals surface area contributed by atoms with E-state index < -0.39 is 0 Å². The molecule has 0 aliphatic carbocycles. The van der Waals surface area contributed by atoms with E-state index in [1.54, 1.807) is 0 Å². The van der Waals surface area contributed by atoms with E-state index in [-0.39, 0.29) is 12.0 Å². The molecule has 4 nitrogen and oxygen atoms in total. The molecular weight excluding hydrogens is 300 g/mol. The Morgan fingerprint density at radius 2 is 1.62 bits per heavy atom. The summed E-state index contributed by atoms with van der Waals surface area (Å²) in [5.41, 5.74) is 1.06. The van der Waals surface area contributed by atoms with E-state index in [4.69, 9.17) is 4.74 Å². The average Bonchev–Trinajstić information content (AvgIpc) is 2.64. The molecule has 1 aliphatic heterocycles. The zero-order valence-corrected chi connectivity index (χ0v) is 14.1. The van der Waals surface area contributed by atoms with E-state index in [1.165, 1.54) is 0 Å². The molecule has 0 N–H and O–H groups in total. The molecule has 0 saturated carbocycles. The lowest BCUT2D eigenvalue weighted by Crippen LogP contribution is -2.45. The minimum atomic E-state index is 0.180. The Morgan fingerprint density at radius 3 is 2.25 bits per heavy atom. The number of para-hydroxylation sites is 2. The van der Waals surface area contributed by atoms with E-state index in [0.717, 1.165) is 37.4 Å². The van der Waals surface area contributed by atoms with Crippen LogP contribution in [0.4, 0.5) is 5.69 Å². The van der Waals surface area contributed by atoms with Crippen molar-refractivity contribution in [2.45, 2.75) is 18.9 Å². The van der Waals surface area contributed by atoms with Gasteiger partial charge >= 0.3 is 0 Å². The van der Waals surface area contributed by atoms with Gasteiger partial charge in [0.25, 0.3) is 0 Å². The summed E-state index contributed by atoms with van der Waals surface area (Å²) in [4.78, 5) is 16.4. The van der Waals surface area contributed by atoms with E-state index in [0.29, 0.717) is 6.54 Å². The van der Waals surface area contributed by atoms with Crippen LogP contribution in [0.5, 0.6) is 5.75 Å². The number of hydrogen-bond acceptors (Lipinski definition) is 3. The molecule has 0 spiro atoms. The van der Waals surface area contributed by atoms with Gasteiger partial charge in [-0.15, -0.1) is 0 Å². The predicted molar refractivity (Wildman–Crippen MR) is 96.4 cm³/mol. The molecular formula is C20H24N2O2. The second kappa shape index (κ2) is 7.86. The average molecular weight is 324 g/mol. The van der Waals surface area contributed by atoms with E-state index in [9.17, 15) is 4.79 Å². The zero-order valence-electron chi connectivity index (χ0n) is 14.1. The van der Waals surface area contributed by atoms with Gasteiger partial charge in [-0.1, -0.05) is 36.4 Å². The maximum absolute atomic E-state index is 12.5. The summed E-state index contributed by atoms with van der Waals surface area (Å²) in [6, 6.07) is 19.9. The van der Waals surface area contributed by atoms with Crippen LogP contribution in [0.15, 0.2) is 60.7 Å². The monoisotopic (exact) mass is 324 g/mol. The molecule has 0 atom stereocenters. The molecule has 2 aromatic rings. The van der Waals surface area contributed by atoms with E-state index in [2.05, 4.69) is 0 Å². The lowest BCUT2D eigenvalue weighted by Gasteiger charge is -2.33. The number of amides is 1. The molecule has 0 aromatic heterocycles. The van der Waals surface area contributed by atoms with E-state index >= 15 is 0 Å². The summed E-state index contributed by atoms with van der Waals surface area (Å²) in [6.07, 6.45) is 1.97. The number of carbonyl (C=O) groups is 1. The normalized spacial score (nSPS) is 15.1. The first-order valence-electron chi connectivity index (χ1n) is 8.48. The molecule has 1 fully saturated rings. The molecule has 1 heterocycles. The highest BCUT2D eigenvalue weighted by molar-refractivity contribution is 5.81. The largest absolute Gasteiger partial charge is 0.490 e. The van der Waals surface area contributed by atoms with Crippen LogP contribution in [0.1, 0.15) is 12.8 Å². The summed E-state index contributed by atoms with van der Waals surface area (Å²) in [5, 5.41) is 0. The number of ether oxygens (including phenoxy) is 1. The van der Waals surface area contributed by atoms with Gasteiger partial charge in [-0.25, -0.2) is 0 Å². The molecule has 3 rings (SSSR count). The van der Waals surface area contributed by atoms with Crippen molar-refractivity contribution in [3.63, 3.8) is 0 Å². The van der Waals surface area contributed by atoms with Gasteiger partial charge in [0.2, 0.25) is 5.91 Å². The summed E-state index contributed by atoms with van der Waals surface area (Å²) >= 11 is 0. The maximum Gasteiger partial charge on any atom is 0.242 e. The highest BCUT2D eigenvalue weighted by Crippen LogP contribution is 2.19. The molecule has 4 heteroatoms. The number of likely N-dealkylation sites (N-methyl/N-ethyl adjacent to an activating group) is 1. The molecule has 0 bridgehead atoms. The minimum absolute atomic E-state index is 0.180. The van der Waals surface area contributed by atoms with Gasteiger partial charge in [-0.3, -0.25) is 4.79 Å². The Balaban J connectivity index is 1.47. The van der Waals surface area contributed by atoms with Gasteiger partial charge in [-0.2, -0.15) is 0 Å². The molecule has 2 aromatic carbocycles. The van der Waals surface area contributed by atoms with Gasteiger partial charge in [0.1, 0.15) is 11.9 Å². The van der Waals surface area contributed by atoms with Crippen LogP contribution in [-0.2, 0) is 4.79 Å². The Kier molecular flexibility index (Phi) is 5.36. The van der Waals surface area contributed by atoms with Crippen molar-refractivity contribution in [2.24, 2.45) is 0 Å². The van der Waals surface area contributed by atoms with Crippen molar-refractivity contribution in [1.29, 1.82) is 0 Å². The summed E-state index contributed by atoms with van der Waals surface area (Å²) in [7, 11) is 1.96. The number of anilines is 1. The quantitative estimate of drug-likeness (QED) is 0.847. The van der Waals surface area contributed by atoms with Crippen LogP contribution in [0.3, 0.4) is 0 Å². The fourth-order valence-corrected chi connectivity index (χ4v) is 2.99. The predicted octanol–water partition coefficient (Wildman–Crippen LogP) is 3.19. The molecule has 1 amide bonds. The highest BCUT2D eigenvalue weighted by atomic mass is 16.5. The molecule has 0 unspecified atom stereocenters. The SMILES string of the molecule is CN(CC(=O)N1CCC(Oc2ccccc2)CC1)c1ccccc1. The third-order valence-corrected chi connectivity index (χ3v) is 4.41. The Labute approximate surface area is 143 Å². The van der Waals surface area contributed by atoms with Crippen molar-refractivity contribution in [3.8, 4) is 5.75 Å². The number of piperidine rings is 1. The van der Waals surface area contributed by atoms with Gasteiger partial charge in [0.15, 0.2) is 0 Å². The smallest absolute Gasteiger partial charge is 0.242 e. The summed E-state index contributed by atoms with van der Waals surface area (Å²) < 4.78 is 5.99. The Bertz CT molecular complexity index is 637. The van der Waals surface area contributed by atoms with Crippen molar-refractivity contribution < 1.29 is 9.53 Å². The van der Waals surface area contributed by atoms with Crippen LogP contribution >= 0.6 is 0 Å². The van der Waals surface area contributed by atoms with Crippen molar-refractivity contribution in [3.05, 3.63) is 60.7 Å². The van der Waals surface area contributed by atoms with Crippen LogP contribution < -0.4 is 9.64 Å². The van der Waals surface area contributed by atoms with Gasteiger partial charge in [-0.05, 0) is 24.3 Å². The second-order valence-corrected chi connectivity index (χ2v) is 6.20. The fraction of sp³-hybridized carbons (Fsp3) is 0.350. The highest BCUT2D eigenvalue weighted by Gasteiger charge is 2.24. The number of likely N-dealkylation sites (tertiary alicyclic amines) is 1. The van der Waals surface area contributed by atoms with Crippen LogP contribution in [-0.4, -0.2) is 43.6 Å². The third kappa shape index (κ3) is 4.28. The lowest BCUT2D eigenvalue weighted by atomic mass is 10.1. The number of hydrogen-bond donors (Lipinski definition) is 0. The molecule has 0 radical (unpaired) electrons. The van der Waals surface area contributed by atoms with Crippen LogP contribution in [0.2, 0.25) is 0 Å². The standard InChI is InChI=1S/C20H24N2O2/c1-21(17-8-4-2-5-9-17)16-20(23)22-14-12-19(13-15-22)24-18-10-6-3-7-11-18/h2-11,19H,12-16H2,1H3. The molecule has 1 saturated heterocycles. The number of carbonyl (C=O) groups excluding carboxylic acids is 1. The first-order valence-corrected chi connectivity index (χ1v) is 8.48. The lowest BCUT2D eigenvalue weighted by molar-refractivity contribution is -0.131. The first-order chi connectivity index (χ1) is 11.7. The molecule has 1 aliphatic rings. The van der Waals surface area contributed by atoms with Gasteiger partial charge < -0.3 is 14.5 Å². The molecule has 126 valence electrons. The zero-order chi connectivity index (χ0) is 16.8. The Morgan fingerprint density at radius 1 is 1.04 bits per heavy atom. The van der Waals surface area contributed by atoms with Gasteiger partial charge in [0.05, 0.1) is 6.54 Å². The van der Waals surface area contributed by atoms with Crippen molar-refractivity contribution in [2.75, 3.05) is 31.6 Å². The van der Waals surface area contributed by atoms with Crippen molar-refractivity contribution >= 4 is 11.6 Å². The summed E-state index contributed by atoms with van der Waals surface area (Å²) in [6.45, 7) is 1.94. The number of nitrogens with zero attached hydrogens (tertiary/aromatic N) is 2. The first kappa shape index (κ1) is 16.4. The maximum atomic E-state index is 12.5. The number of rotatable bonds is 5. The number of benzene rings is 2. The van der Waals surface area contributed by atoms with Gasteiger partial charge in [0, 0.05) is 38.7 Å². The minimum Gasteiger partial charge on any atom is -0.490 e. The topological polar surface area (TPSA) is 32.8 Å². The summed E-state index contributed by atoms with van der Waals surface area (Å²) in [5.74, 6) is 1.09.